The molecule has 1 aromatic heterocycles. The van der Waals surface area contributed by atoms with Gasteiger partial charge in [-0.15, -0.1) is 21.9 Å². The average molecular weight is 1100 g/mol. The number of Topliss-reactive ketones (excluding diaryl/α,β-unsaturated/α-hetero) is 1. The fourth-order valence-electron chi connectivity index (χ4n) is 9.83. The van der Waals surface area contributed by atoms with E-state index in [1.807, 2.05) is 47.3 Å². The second-order valence-electron chi connectivity index (χ2n) is 18.2. The number of benzene rings is 5. The standard InChI is InChI=1S/C28H41N2O.C24BF20/c1-2-3-4-5-6-7-8-10-13-24-16-18-25(19-17-24)27-22-30(21-20-29-27)23-28(31)26-14-11-9-12-15-26;26-5-1(6(27)14(35)21(42)13(5)34)25(2-7(28)15(36)22(43)16(37)8(2)29,3-9(30)17(38)23(44)18(39)10(3)31)4-11(32)19(40)24(45)20(41)12(4)33/h9,11-12,14-15,20-22,24-25H,2-8,10,13,16-19,23H2,1H3;/q+1;-1. The highest BCUT2D eigenvalue weighted by atomic mass is 19.2. The Labute approximate surface area is 420 Å². The predicted octanol–water partition coefficient (Wildman–Crippen LogP) is 12.9. The summed E-state index contributed by atoms with van der Waals surface area (Å²) in [7, 11) is 0. The molecular weight excluding hydrogens is 1060 g/mol. The molecule has 0 atom stereocenters. The number of hydrogen-bond donors (Lipinski definition) is 0. The van der Waals surface area contributed by atoms with Gasteiger partial charge in [0.2, 0.25) is 12.3 Å². The van der Waals surface area contributed by atoms with Gasteiger partial charge in [-0.1, -0.05) is 95.0 Å². The van der Waals surface area contributed by atoms with Crippen LogP contribution in [0, 0.1) is 122 Å². The molecule has 0 bridgehead atoms. The van der Waals surface area contributed by atoms with Gasteiger partial charge in [-0.25, -0.2) is 92.8 Å². The minimum atomic E-state index is -7.22. The number of carbonyl (C=O) groups excluding carboxylic acids is 1. The van der Waals surface area contributed by atoms with Gasteiger partial charge in [0.05, 0.1) is 6.20 Å². The maximum Gasteiger partial charge on any atom is 0.227 e. The number of ketones is 1. The van der Waals surface area contributed by atoms with Crippen molar-refractivity contribution in [3.8, 4) is 0 Å². The van der Waals surface area contributed by atoms with Gasteiger partial charge in [-0.2, -0.15) is 4.57 Å². The van der Waals surface area contributed by atoms with Crippen LogP contribution in [0.4, 0.5) is 87.8 Å². The molecule has 0 radical (unpaired) electrons. The van der Waals surface area contributed by atoms with Gasteiger partial charge in [0.1, 0.15) is 58.4 Å². The Kier molecular flexibility index (Phi) is 19.1. The van der Waals surface area contributed by atoms with Crippen molar-refractivity contribution in [3.63, 3.8) is 0 Å². The first-order chi connectivity index (χ1) is 36.0. The number of unbranched alkanes of at least 4 members (excludes halogenated alkanes) is 7. The molecule has 1 heterocycles. The smallest absolute Gasteiger partial charge is 0.227 e. The highest BCUT2D eigenvalue weighted by molar-refractivity contribution is 7.20. The number of halogens is 20. The molecule has 0 spiro atoms. The van der Waals surface area contributed by atoms with Gasteiger partial charge in [0.25, 0.3) is 0 Å². The van der Waals surface area contributed by atoms with E-state index in [0.29, 0.717) is 12.5 Å². The summed E-state index contributed by atoms with van der Waals surface area (Å²) in [5.74, 6) is -69.8. The summed E-state index contributed by atoms with van der Waals surface area (Å²) in [6.45, 7) is 2.67. The van der Waals surface area contributed by atoms with Crippen LogP contribution in [-0.4, -0.2) is 16.9 Å². The molecule has 0 saturated heterocycles. The molecule has 0 amide bonds. The number of nitrogens with zero attached hydrogens (tertiary/aromatic N) is 2. The molecule has 76 heavy (non-hydrogen) atoms. The summed E-state index contributed by atoms with van der Waals surface area (Å²) in [4.78, 5) is 17.2. The van der Waals surface area contributed by atoms with Crippen molar-refractivity contribution in [1.29, 1.82) is 0 Å². The lowest BCUT2D eigenvalue weighted by atomic mass is 9.12. The van der Waals surface area contributed by atoms with Crippen LogP contribution in [0.15, 0.2) is 48.9 Å². The van der Waals surface area contributed by atoms with Crippen molar-refractivity contribution in [1.82, 2.24) is 4.98 Å². The highest BCUT2D eigenvalue weighted by Gasteiger charge is 2.52. The Morgan fingerprint density at radius 3 is 1.14 bits per heavy atom. The van der Waals surface area contributed by atoms with Crippen molar-refractivity contribution < 1.29 is 97.2 Å². The van der Waals surface area contributed by atoms with Crippen LogP contribution in [0.5, 0.6) is 0 Å². The maximum absolute atomic E-state index is 15.4. The largest absolute Gasteiger partial charge is 0.287 e. The highest BCUT2D eigenvalue weighted by Crippen LogP contribution is 2.37. The van der Waals surface area contributed by atoms with Crippen LogP contribution >= 0.6 is 0 Å². The molecule has 0 N–H and O–H groups in total. The summed E-state index contributed by atoms with van der Waals surface area (Å²) in [6.07, 6.45) is 16.5. The number of hydrogen-bond acceptors (Lipinski definition) is 2. The maximum atomic E-state index is 15.4. The Morgan fingerprint density at radius 1 is 0.461 bits per heavy atom. The van der Waals surface area contributed by atoms with Crippen LogP contribution in [0.2, 0.25) is 0 Å². The van der Waals surface area contributed by atoms with E-state index in [-0.39, 0.29) is 5.78 Å². The number of carbonyl (C=O) groups is 1. The first kappa shape index (κ1) is 58.8. The van der Waals surface area contributed by atoms with Crippen LogP contribution in [-0.2, 0) is 6.54 Å². The third kappa shape index (κ3) is 11.2. The summed E-state index contributed by atoms with van der Waals surface area (Å²) < 4.78 is 296. The van der Waals surface area contributed by atoms with E-state index in [4.69, 9.17) is 0 Å². The quantitative estimate of drug-likeness (QED) is 0.0173. The van der Waals surface area contributed by atoms with E-state index in [2.05, 4.69) is 18.1 Å². The third-order valence-electron chi connectivity index (χ3n) is 13.6. The topological polar surface area (TPSA) is 33.8 Å². The van der Waals surface area contributed by atoms with Gasteiger partial charge in [0.15, 0.2) is 82.2 Å². The molecule has 1 fully saturated rings. The van der Waals surface area contributed by atoms with Crippen LogP contribution < -0.4 is 26.4 Å². The SMILES string of the molecule is CCCCCCCCCCC1CCC(c2c[n+](CC(=O)c3ccccc3)ccn2)CC1.Fc1c(F)c(F)c([B-](c2c(F)c(F)c(F)c(F)c2F)(c2c(F)c(F)c(F)c(F)c2F)c2c(F)c(F)c(F)c(F)c2F)c(F)c1F. The minimum absolute atomic E-state index is 0.150. The van der Waals surface area contributed by atoms with Crippen molar-refractivity contribution in [2.24, 2.45) is 5.92 Å². The molecule has 3 nitrogen and oxygen atoms in total. The van der Waals surface area contributed by atoms with Gasteiger partial charge in [0, 0.05) is 11.5 Å². The van der Waals surface area contributed by atoms with E-state index in [0.717, 1.165) is 17.2 Å². The van der Waals surface area contributed by atoms with Crippen molar-refractivity contribution >= 4 is 33.8 Å². The molecule has 0 aliphatic heterocycles. The molecule has 6 aromatic rings. The van der Waals surface area contributed by atoms with Crippen molar-refractivity contribution in [2.75, 3.05) is 0 Å². The van der Waals surface area contributed by atoms with Gasteiger partial charge in [-0.05, 0) is 31.6 Å². The lowest BCUT2D eigenvalue weighted by Gasteiger charge is -2.44. The molecule has 0 unspecified atom stereocenters. The summed E-state index contributed by atoms with van der Waals surface area (Å²) in [6, 6.07) is 9.56. The molecule has 5 aromatic carbocycles. The second kappa shape index (κ2) is 24.7. The molecule has 408 valence electrons. The number of rotatable bonds is 17. The summed E-state index contributed by atoms with van der Waals surface area (Å²) in [5.41, 5.74) is -12.4. The molecule has 1 aliphatic carbocycles. The lowest BCUT2D eigenvalue weighted by Crippen LogP contribution is -2.81. The zero-order valence-electron chi connectivity index (χ0n) is 39.6. The van der Waals surface area contributed by atoms with Gasteiger partial charge >= 0.3 is 0 Å². The normalized spacial score (nSPS) is 14.8. The van der Waals surface area contributed by atoms with E-state index in [1.54, 1.807) is 0 Å². The minimum Gasteiger partial charge on any atom is -0.287 e. The monoisotopic (exact) mass is 1100 g/mol. The fraction of sp³-hybridized carbons (Fsp3) is 0.327. The van der Waals surface area contributed by atoms with E-state index in [1.165, 1.54) is 83.5 Å². The van der Waals surface area contributed by atoms with Crippen LogP contribution in [0.1, 0.15) is 112 Å². The second-order valence-corrected chi connectivity index (χ2v) is 18.2. The Bertz CT molecular complexity index is 2730. The molecule has 7 rings (SSSR count). The predicted molar refractivity (Wildman–Crippen MR) is 236 cm³/mol. The van der Waals surface area contributed by atoms with Crippen LogP contribution in [0.25, 0.3) is 0 Å². The van der Waals surface area contributed by atoms with Crippen molar-refractivity contribution in [3.05, 3.63) is 177 Å². The summed E-state index contributed by atoms with van der Waals surface area (Å²) in [5, 5.41) is 0. The number of aromatic nitrogens is 2. The average Bonchev–Trinajstić information content (AvgIpc) is 3.62. The van der Waals surface area contributed by atoms with Crippen molar-refractivity contribution in [2.45, 2.75) is 103 Å². The molecule has 1 aliphatic rings. The van der Waals surface area contributed by atoms with Gasteiger partial charge in [-0.3, -0.25) is 4.79 Å². The molecule has 24 heteroatoms. The zero-order valence-corrected chi connectivity index (χ0v) is 39.6. The lowest BCUT2D eigenvalue weighted by molar-refractivity contribution is -0.684. The Balaban J connectivity index is 0.000000264. The Morgan fingerprint density at radius 2 is 0.789 bits per heavy atom. The summed E-state index contributed by atoms with van der Waals surface area (Å²) >= 11 is 0. The van der Waals surface area contributed by atoms with E-state index < -0.39 is 144 Å². The Hall–Kier alpha value is -6.49. The first-order valence-corrected chi connectivity index (χ1v) is 23.6. The van der Waals surface area contributed by atoms with Crippen LogP contribution in [0.3, 0.4) is 0 Å². The fourth-order valence-corrected chi connectivity index (χ4v) is 9.83. The van der Waals surface area contributed by atoms with E-state index >= 15 is 35.1 Å². The molecular formula is C52H41BF20N2O. The van der Waals surface area contributed by atoms with Gasteiger partial charge < -0.3 is 0 Å². The third-order valence-corrected chi connectivity index (χ3v) is 13.6. The van der Waals surface area contributed by atoms with E-state index in [9.17, 15) is 57.5 Å². The molecule has 1 saturated carbocycles. The first-order valence-electron chi connectivity index (χ1n) is 23.6. The zero-order chi connectivity index (χ0) is 56.1.